The van der Waals surface area contributed by atoms with Crippen LogP contribution in [0.25, 0.3) is 0 Å². The van der Waals surface area contributed by atoms with Crippen molar-refractivity contribution in [3.63, 3.8) is 0 Å². The van der Waals surface area contributed by atoms with Gasteiger partial charge in [-0.2, -0.15) is 5.10 Å². The Morgan fingerprint density at radius 3 is 2.64 bits per heavy atom. The second kappa shape index (κ2) is 8.35. The SMILES string of the molecule is O=c1c(Cl)c(NCCc2ccc3c(c2)OCCO3)cnn1Cc1ccccc1. The molecule has 0 amide bonds. The summed E-state index contributed by atoms with van der Waals surface area (Å²) >= 11 is 6.27. The summed E-state index contributed by atoms with van der Waals surface area (Å²) in [6.07, 6.45) is 2.34. The van der Waals surface area contributed by atoms with Crippen LogP contribution in [0.4, 0.5) is 5.69 Å². The van der Waals surface area contributed by atoms with E-state index in [9.17, 15) is 4.79 Å². The van der Waals surface area contributed by atoms with E-state index in [1.807, 2.05) is 48.5 Å². The van der Waals surface area contributed by atoms with Crippen LogP contribution in [0, 0.1) is 0 Å². The minimum atomic E-state index is -0.310. The molecular weight excluding hydrogens is 378 g/mol. The molecule has 6 nitrogen and oxygen atoms in total. The molecule has 1 aromatic heterocycles. The minimum Gasteiger partial charge on any atom is -0.486 e. The maximum atomic E-state index is 12.5. The van der Waals surface area contributed by atoms with E-state index < -0.39 is 0 Å². The molecule has 4 rings (SSSR count). The Hall–Kier alpha value is -2.99. The normalized spacial score (nSPS) is 12.6. The highest BCUT2D eigenvalue weighted by Gasteiger charge is 2.12. The molecule has 1 N–H and O–H groups in total. The van der Waals surface area contributed by atoms with Crippen molar-refractivity contribution in [2.45, 2.75) is 13.0 Å². The third-order valence-corrected chi connectivity index (χ3v) is 4.86. The first-order chi connectivity index (χ1) is 13.7. The van der Waals surface area contributed by atoms with Gasteiger partial charge >= 0.3 is 0 Å². The highest BCUT2D eigenvalue weighted by molar-refractivity contribution is 6.32. The number of halogens is 1. The molecule has 2 heterocycles. The highest BCUT2D eigenvalue weighted by atomic mass is 35.5. The maximum absolute atomic E-state index is 12.5. The molecule has 0 spiro atoms. The van der Waals surface area contributed by atoms with Crippen LogP contribution in [0.15, 0.2) is 59.5 Å². The third-order valence-electron chi connectivity index (χ3n) is 4.50. The Balaban J connectivity index is 1.40. The van der Waals surface area contributed by atoms with Gasteiger partial charge in [0.1, 0.15) is 18.2 Å². The molecule has 144 valence electrons. The van der Waals surface area contributed by atoms with Crippen LogP contribution in [0.5, 0.6) is 11.5 Å². The molecule has 0 radical (unpaired) electrons. The monoisotopic (exact) mass is 397 g/mol. The average Bonchev–Trinajstić information content (AvgIpc) is 2.74. The molecule has 0 atom stereocenters. The van der Waals surface area contributed by atoms with Crippen LogP contribution >= 0.6 is 11.6 Å². The lowest BCUT2D eigenvalue weighted by atomic mass is 10.1. The van der Waals surface area contributed by atoms with E-state index in [1.165, 1.54) is 4.68 Å². The summed E-state index contributed by atoms with van der Waals surface area (Å²) in [5, 5.41) is 7.58. The molecule has 0 aliphatic carbocycles. The van der Waals surface area contributed by atoms with E-state index in [0.29, 0.717) is 32.0 Å². The van der Waals surface area contributed by atoms with Gasteiger partial charge in [0, 0.05) is 6.54 Å². The third kappa shape index (κ3) is 4.12. The predicted molar refractivity (Wildman–Crippen MR) is 109 cm³/mol. The molecule has 0 bridgehead atoms. The van der Waals surface area contributed by atoms with E-state index in [4.69, 9.17) is 21.1 Å². The smallest absolute Gasteiger partial charge is 0.287 e. The Morgan fingerprint density at radius 1 is 1.04 bits per heavy atom. The number of fused-ring (bicyclic) bond motifs is 1. The molecule has 2 aromatic carbocycles. The van der Waals surface area contributed by atoms with Crippen LogP contribution in [0.1, 0.15) is 11.1 Å². The molecule has 7 heteroatoms. The fraction of sp³-hybridized carbons (Fsp3) is 0.238. The number of rotatable bonds is 6. The zero-order chi connectivity index (χ0) is 19.3. The zero-order valence-corrected chi connectivity index (χ0v) is 16.0. The standard InChI is InChI=1S/C21H20ClN3O3/c22-20-17(13-24-25(21(20)26)14-16-4-2-1-3-5-16)23-9-8-15-6-7-18-19(12-15)28-11-10-27-18/h1-7,12-13,23H,8-11,14H2. The van der Waals surface area contributed by atoms with Crippen LogP contribution in [0.2, 0.25) is 5.02 Å². The first-order valence-electron chi connectivity index (χ1n) is 9.12. The zero-order valence-electron chi connectivity index (χ0n) is 15.2. The summed E-state index contributed by atoms with van der Waals surface area (Å²) in [4.78, 5) is 12.5. The van der Waals surface area contributed by atoms with E-state index in [0.717, 1.165) is 29.0 Å². The lowest BCUT2D eigenvalue weighted by Crippen LogP contribution is -2.25. The van der Waals surface area contributed by atoms with Crippen molar-refractivity contribution < 1.29 is 9.47 Å². The van der Waals surface area contributed by atoms with Gasteiger partial charge in [0.05, 0.1) is 18.4 Å². The summed E-state index contributed by atoms with van der Waals surface area (Å²) in [6, 6.07) is 15.6. The summed E-state index contributed by atoms with van der Waals surface area (Å²) in [5.74, 6) is 1.55. The van der Waals surface area contributed by atoms with Crippen molar-refractivity contribution in [2.75, 3.05) is 25.1 Å². The van der Waals surface area contributed by atoms with Gasteiger partial charge in [0.15, 0.2) is 11.5 Å². The summed E-state index contributed by atoms with van der Waals surface area (Å²) in [7, 11) is 0. The Labute approximate surface area is 167 Å². The van der Waals surface area contributed by atoms with Gasteiger partial charge in [-0.05, 0) is 29.7 Å². The van der Waals surface area contributed by atoms with Gasteiger partial charge < -0.3 is 14.8 Å². The molecule has 0 saturated carbocycles. The van der Waals surface area contributed by atoms with Gasteiger partial charge in [-0.25, -0.2) is 4.68 Å². The summed E-state index contributed by atoms with van der Waals surface area (Å²) in [6.45, 7) is 2.14. The number of benzene rings is 2. The van der Waals surface area contributed by atoms with Crippen molar-refractivity contribution in [1.29, 1.82) is 0 Å². The molecule has 0 fully saturated rings. The van der Waals surface area contributed by atoms with Crippen LogP contribution in [-0.2, 0) is 13.0 Å². The van der Waals surface area contributed by atoms with Crippen molar-refractivity contribution in [2.24, 2.45) is 0 Å². The predicted octanol–water partition coefficient (Wildman–Crippen LogP) is 3.37. The fourth-order valence-electron chi connectivity index (χ4n) is 3.04. The van der Waals surface area contributed by atoms with Crippen LogP contribution in [0.3, 0.4) is 0 Å². The lowest BCUT2D eigenvalue weighted by molar-refractivity contribution is 0.171. The fourth-order valence-corrected chi connectivity index (χ4v) is 3.26. The van der Waals surface area contributed by atoms with E-state index in [-0.39, 0.29) is 10.6 Å². The molecule has 0 saturated heterocycles. The van der Waals surface area contributed by atoms with Gasteiger partial charge in [0.2, 0.25) is 0 Å². The number of hydrogen-bond acceptors (Lipinski definition) is 5. The highest BCUT2D eigenvalue weighted by Crippen LogP contribution is 2.30. The van der Waals surface area contributed by atoms with Crippen molar-refractivity contribution in [1.82, 2.24) is 9.78 Å². The maximum Gasteiger partial charge on any atom is 0.287 e. The van der Waals surface area contributed by atoms with E-state index >= 15 is 0 Å². The first kappa shape index (κ1) is 18.4. The number of nitrogens with zero attached hydrogens (tertiary/aromatic N) is 2. The van der Waals surface area contributed by atoms with E-state index in [1.54, 1.807) is 6.20 Å². The Bertz CT molecular complexity index is 1020. The number of anilines is 1. The lowest BCUT2D eigenvalue weighted by Gasteiger charge is -2.19. The number of ether oxygens (including phenoxy) is 2. The van der Waals surface area contributed by atoms with Gasteiger partial charge in [-0.15, -0.1) is 0 Å². The number of hydrogen-bond donors (Lipinski definition) is 1. The van der Waals surface area contributed by atoms with Crippen LogP contribution in [-0.4, -0.2) is 29.5 Å². The summed E-state index contributed by atoms with van der Waals surface area (Å²) in [5.41, 5.74) is 2.33. The summed E-state index contributed by atoms with van der Waals surface area (Å²) < 4.78 is 12.5. The minimum absolute atomic E-state index is 0.146. The topological polar surface area (TPSA) is 65.4 Å². The average molecular weight is 398 g/mol. The largest absolute Gasteiger partial charge is 0.486 e. The van der Waals surface area contributed by atoms with Gasteiger partial charge in [-0.3, -0.25) is 4.79 Å². The van der Waals surface area contributed by atoms with Gasteiger partial charge in [-0.1, -0.05) is 48.0 Å². The molecule has 0 unspecified atom stereocenters. The van der Waals surface area contributed by atoms with Crippen molar-refractivity contribution >= 4 is 17.3 Å². The second-order valence-electron chi connectivity index (χ2n) is 6.48. The van der Waals surface area contributed by atoms with Crippen molar-refractivity contribution in [3.05, 3.63) is 81.2 Å². The second-order valence-corrected chi connectivity index (χ2v) is 6.85. The number of aromatic nitrogens is 2. The van der Waals surface area contributed by atoms with Crippen molar-refractivity contribution in [3.8, 4) is 11.5 Å². The Morgan fingerprint density at radius 2 is 1.82 bits per heavy atom. The van der Waals surface area contributed by atoms with Gasteiger partial charge in [0.25, 0.3) is 5.56 Å². The molecule has 1 aliphatic rings. The van der Waals surface area contributed by atoms with Crippen LogP contribution < -0.4 is 20.3 Å². The Kier molecular flexibility index (Phi) is 5.48. The first-order valence-corrected chi connectivity index (χ1v) is 9.50. The molecule has 3 aromatic rings. The molecular formula is C21H20ClN3O3. The molecule has 28 heavy (non-hydrogen) atoms. The quantitative estimate of drug-likeness (QED) is 0.690. The van der Waals surface area contributed by atoms with E-state index in [2.05, 4.69) is 10.4 Å². The number of nitrogens with one attached hydrogen (secondary N) is 1. The molecule has 1 aliphatic heterocycles.